The first kappa shape index (κ1) is 13.2. The summed E-state index contributed by atoms with van der Waals surface area (Å²) in [4.78, 5) is 0. The van der Waals surface area contributed by atoms with Crippen molar-refractivity contribution in [1.29, 1.82) is 4.78 Å². The Morgan fingerprint density at radius 1 is 1.33 bits per heavy atom. The van der Waals surface area contributed by atoms with Gasteiger partial charge >= 0.3 is 0 Å². The minimum Gasteiger partial charge on any atom is -0.253 e. The van der Waals surface area contributed by atoms with Crippen molar-refractivity contribution >= 4 is 18.2 Å². The molecular weight excluding hydrogens is 224 g/mol. The summed E-state index contributed by atoms with van der Waals surface area (Å²) < 4.78 is 23.4. The Bertz CT molecular complexity index is 326. The predicted molar refractivity (Wildman–Crippen MR) is 68.8 cm³/mol. The second-order valence-corrected chi connectivity index (χ2v) is 13.6. The summed E-state index contributed by atoms with van der Waals surface area (Å²) in [5.74, 6) is 0. The lowest BCUT2D eigenvalue weighted by Crippen LogP contribution is -2.57. The van der Waals surface area contributed by atoms with Gasteiger partial charge in [0, 0.05) is 0 Å². The molecule has 0 aliphatic heterocycles. The molecule has 0 aromatic carbocycles. The first-order valence-corrected chi connectivity index (χ1v) is 10.2. The minimum atomic E-state index is -2.55. The van der Waals surface area contributed by atoms with Gasteiger partial charge in [0.2, 0.25) is 0 Å². The molecule has 15 heavy (non-hydrogen) atoms. The van der Waals surface area contributed by atoms with Crippen LogP contribution in [0.15, 0.2) is 0 Å². The van der Waals surface area contributed by atoms with E-state index in [-0.39, 0.29) is 10.3 Å². The van der Waals surface area contributed by atoms with Crippen LogP contribution < -0.4 is 4.39 Å². The van der Waals surface area contributed by atoms with Crippen molar-refractivity contribution < 1.29 is 4.21 Å². The highest BCUT2D eigenvalue weighted by Gasteiger charge is 2.40. The number of rotatable bonds is 3. The van der Waals surface area contributed by atoms with Gasteiger partial charge in [0.05, 0.1) is 5.25 Å². The molecule has 1 unspecified atom stereocenters. The molecule has 3 nitrogen and oxygen atoms in total. The van der Waals surface area contributed by atoms with E-state index in [9.17, 15) is 4.21 Å². The summed E-state index contributed by atoms with van der Waals surface area (Å²) in [5, 5.41) is 0.243. The van der Waals surface area contributed by atoms with Gasteiger partial charge in [-0.05, 0) is 17.9 Å². The Labute approximate surface area is 95.2 Å². The maximum atomic E-state index is 12.2. The Hall–Kier alpha value is 0.127. The van der Waals surface area contributed by atoms with Crippen LogP contribution in [0, 0.1) is 4.78 Å². The Morgan fingerprint density at radius 3 is 2.07 bits per heavy atom. The van der Waals surface area contributed by atoms with Crippen molar-refractivity contribution in [3.8, 4) is 0 Å². The maximum absolute atomic E-state index is 12.2. The molecule has 1 aliphatic carbocycles. The van der Waals surface area contributed by atoms with Crippen LogP contribution in [0.5, 0.6) is 0 Å². The average molecular weight is 248 g/mol. The summed E-state index contributed by atoms with van der Waals surface area (Å²) >= 11 is 0. The van der Waals surface area contributed by atoms with E-state index in [1.807, 2.05) is 0 Å². The zero-order valence-electron chi connectivity index (χ0n) is 10.5. The molecule has 1 fully saturated rings. The molecule has 5 heteroatoms. The van der Waals surface area contributed by atoms with Gasteiger partial charge in [-0.25, -0.2) is 8.99 Å². The van der Waals surface area contributed by atoms with E-state index in [2.05, 4.69) is 38.3 Å². The molecule has 0 radical (unpaired) electrons. The third-order valence-electron chi connectivity index (χ3n) is 3.80. The average Bonchev–Trinajstić information content (AvgIpc) is 1.73. The minimum absolute atomic E-state index is 0.103. The van der Waals surface area contributed by atoms with Crippen molar-refractivity contribution in [2.75, 3.05) is 0 Å². The standard InChI is InChI=1S/C10H24N2OSSi/c1-10(2,3)15(4,5)12-14(11,13)9-7-6-8-9/h9H,6-8H2,1-5H3,(H2,11,12,13). The van der Waals surface area contributed by atoms with E-state index in [0.29, 0.717) is 0 Å². The van der Waals surface area contributed by atoms with Crippen LogP contribution in [0.3, 0.4) is 0 Å². The Balaban J connectivity index is 2.76. The van der Waals surface area contributed by atoms with Gasteiger partial charge in [-0.15, -0.1) is 0 Å². The lowest BCUT2D eigenvalue weighted by Gasteiger charge is -2.40. The van der Waals surface area contributed by atoms with Crippen LogP contribution in [0.25, 0.3) is 0 Å². The normalized spacial score (nSPS) is 23.3. The molecule has 1 atom stereocenters. The van der Waals surface area contributed by atoms with Crippen molar-refractivity contribution in [3.63, 3.8) is 0 Å². The maximum Gasteiger partial charge on any atom is 0.140 e. The van der Waals surface area contributed by atoms with Crippen LogP contribution in [0.2, 0.25) is 18.1 Å². The summed E-state index contributed by atoms with van der Waals surface area (Å²) in [6, 6.07) is 0. The summed E-state index contributed by atoms with van der Waals surface area (Å²) in [5.41, 5.74) is 0. The summed E-state index contributed by atoms with van der Waals surface area (Å²) in [7, 11) is -4.35. The van der Waals surface area contributed by atoms with Gasteiger partial charge < -0.3 is 0 Å². The van der Waals surface area contributed by atoms with Gasteiger partial charge in [-0.3, -0.25) is 4.39 Å². The molecule has 2 N–H and O–H groups in total. The van der Waals surface area contributed by atoms with Crippen LogP contribution in [0.1, 0.15) is 40.0 Å². The predicted octanol–water partition coefficient (Wildman–Crippen LogP) is 3.10. The van der Waals surface area contributed by atoms with Crippen LogP contribution in [0.4, 0.5) is 0 Å². The van der Waals surface area contributed by atoms with E-state index < -0.39 is 18.2 Å². The molecule has 0 aromatic rings. The van der Waals surface area contributed by atoms with Gasteiger partial charge in [-0.2, -0.15) is 0 Å². The number of hydrogen-bond donors (Lipinski definition) is 2. The molecule has 0 heterocycles. The highest BCUT2D eigenvalue weighted by molar-refractivity contribution is 7.92. The van der Waals surface area contributed by atoms with Crippen molar-refractivity contribution in [3.05, 3.63) is 0 Å². The second kappa shape index (κ2) is 3.86. The molecule has 0 amide bonds. The fraction of sp³-hybridized carbons (Fsp3) is 1.00. The van der Waals surface area contributed by atoms with Crippen molar-refractivity contribution in [1.82, 2.24) is 4.39 Å². The molecule has 0 saturated heterocycles. The third kappa shape index (κ3) is 2.82. The molecule has 1 rings (SSSR count). The van der Waals surface area contributed by atoms with E-state index in [0.717, 1.165) is 19.3 Å². The van der Waals surface area contributed by atoms with Crippen molar-refractivity contribution in [2.45, 2.75) is 63.4 Å². The summed E-state index contributed by atoms with van der Waals surface area (Å²) in [6.07, 6.45) is 3.06. The summed E-state index contributed by atoms with van der Waals surface area (Å²) in [6.45, 7) is 10.8. The van der Waals surface area contributed by atoms with E-state index in [4.69, 9.17) is 4.78 Å². The highest BCUT2D eigenvalue weighted by atomic mass is 32.2. The Morgan fingerprint density at radius 2 is 1.80 bits per heavy atom. The van der Waals surface area contributed by atoms with Gasteiger partial charge in [-0.1, -0.05) is 40.3 Å². The van der Waals surface area contributed by atoms with E-state index >= 15 is 0 Å². The highest BCUT2D eigenvalue weighted by Crippen LogP contribution is 2.36. The first-order chi connectivity index (χ1) is 6.56. The SMILES string of the molecule is CC(C)(C)[Si](C)(C)NS(=N)(=O)C1CCC1. The molecule has 1 aliphatic rings. The smallest absolute Gasteiger partial charge is 0.140 e. The van der Waals surface area contributed by atoms with Crippen LogP contribution >= 0.6 is 0 Å². The van der Waals surface area contributed by atoms with Gasteiger partial charge in [0.1, 0.15) is 18.2 Å². The molecule has 1 saturated carbocycles. The number of hydrogen-bond acceptors (Lipinski definition) is 2. The zero-order chi connectivity index (χ0) is 11.9. The van der Waals surface area contributed by atoms with E-state index in [1.165, 1.54) is 0 Å². The largest absolute Gasteiger partial charge is 0.253 e. The topological polar surface area (TPSA) is 53.0 Å². The molecular formula is C10H24N2OSSi. The molecule has 0 spiro atoms. The third-order valence-corrected chi connectivity index (χ3v) is 12.2. The lowest BCUT2D eigenvalue weighted by molar-refractivity contribution is 0.498. The molecule has 0 aromatic heterocycles. The van der Waals surface area contributed by atoms with Gasteiger partial charge in [0.15, 0.2) is 0 Å². The monoisotopic (exact) mass is 248 g/mol. The van der Waals surface area contributed by atoms with E-state index in [1.54, 1.807) is 0 Å². The van der Waals surface area contributed by atoms with Crippen LogP contribution in [-0.4, -0.2) is 17.7 Å². The fourth-order valence-electron chi connectivity index (χ4n) is 1.32. The Kier molecular flexibility index (Phi) is 3.39. The zero-order valence-corrected chi connectivity index (χ0v) is 12.3. The van der Waals surface area contributed by atoms with Crippen LogP contribution in [-0.2, 0) is 9.92 Å². The molecule has 0 bridgehead atoms. The number of nitrogens with one attached hydrogen (secondary N) is 2. The van der Waals surface area contributed by atoms with Crippen molar-refractivity contribution in [2.24, 2.45) is 0 Å². The quantitative estimate of drug-likeness (QED) is 0.741. The lowest BCUT2D eigenvalue weighted by atomic mass is 10.0. The molecule has 90 valence electrons. The van der Waals surface area contributed by atoms with Gasteiger partial charge in [0.25, 0.3) is 0 Å². The fourth-order valence-corrected chi connectivity index (χ4v) is 7.24. The first-order valence-electron chi connectivity index (χ1n) is 5.63. The second-order valence-electron chi connectivity index (χ2n) is 6.13.